The van der Waals surface area contributed by atoms with Crippen molar-refractivity contribution < 1.29 is 22.7 Å². The van der Waals surface area contributed by atoms with Gasteiger partial charge in [0.05, 0.1) is 35.1 Å². The van der Waals surface area contributed by atoms with Crippen LogP contribution in [0.1, 0.15) is 20.7 Å². The second kappa shape index (κ2) is 6.72. The van der Waals surface area contributed by atoms with Crippen molar-refractivity contribution in [2.45, 2.75) is 4.90 Å². The number of hydrogen-bond acceptors (Lipinski definition) is 5. The quantitative estimate of drug-likeness (QED) is 0.729. The molecule has 0 aromatic heterocycles. The summed E-state index contributed by atoms with van der Waals surface area (Å²) in [7, 11) is -3.88. The van der Waals surface area contributed by atoms with E-state index >= 15 is 0 Å². The summed E-state index contributed by atoms with van der Waals surface area (Å²) < 4.78 is 32.4. The molecule has 1 fully saturated rings. The normalized spacial score (nSPS) is 18.0. The monoisotopic (exact) mass is 406 g/mol. The van der Waals surface area contributed by atoms with Gasteiger partial charge >= 0.3 is 0 Å². The Morgan fingerprint density at radius 2 is 1.52 bits per heavy atom. The Morgan fingerprint density at radius 3 is 2.11 bits per heavy atom. The number of carbonyl (C=O) groups excluding carboxylic acids is 2. The summed E-state index contributed by atoms with van der Waals surface area (Å²) in [6.07, 6.45) is 0. The lowest BCUT2D eigenvalue weighted by atomic mass is 10.1. The maximum Gasteiger partial charge on any atom is 0.266 e. The van der Waals surface area contributed by atoms with E-state index in [-0.39, 0.29) is 39.8 Å². The van der Waals surface area contributed by atoms with Crippen molar-refractivity contribution in [3.63, 3.8) is 0 Å². The highest BCUT2D eigenvalue weighted by Gasteiger charge is 2.37. The zero-order valence-electron chi connectivity index (χ0n) is 14.1. The van der Waals surface area contributed by atoms with E-state index in [4.69, 9.17) is 16.3 Å². The Kier molecular flexibility index (Phi) is 4.51. The summed E-state index contributed by atoms with van der Waals surface area (Å²) in [5.74, 6) is -0.986. The number of rotatable bonds is 3. The standard InChI is InChI=1S/C18H15ClN2O5S/c19-15-6-5-12(11-16(15)27(24,25)20-7-9-26-10-8-20)21-17(22)13-3-1-2-4-14(13)18(21)23/h1-6,11H,7-10H2. The molecule has 4 rings (SSSR count). The van der Waals surface area contributed by atoms with Crippen LogP contribution in [0.25, 0.3) is 0 Å². The van der Waals surface area contributed by atoms with E-state index in [2.05, 4.69) is 0 Å². The summed E-state index contributed by atoms with van der Waals surface area (Å²) in [5, 5.41) is 0.0295. The molecule has 2 aliphatic heterocycles. The SMILES string of the molecule is O=C1c2ccccc2C(=O)N1c1ccc(Cl)c(S(=O)(=O)N2CCOCC2)c1. The Hall–Kier alpha value is -2.26. The molecule has 2 heterocycles. The van der Waals surface area contributed by atoms with Gasteiger partial charge in [-0.3, -0.25) is 9.59 Å². The van der Waals surface area contributed by atoms with Gasteiger partial charge in [-0.1, -0.05) is 23.7 Å². The molecule has 0 N–H and O–H groups in total. The predicted octanol–water partition coefficient (Wildman–Crippen LogP) is 2.16. The van der Waals surface area contributed by atoms with E-state index in [1.807, 2.05) is 0 Å². The van der Waals surface area contributed by atoms with Crippen LogP contribution in [0.15, 0.2) is 47.4 Å². The van der Waals surface area contributed by atoms with E-state index < -0.39 is 21.8 Å². The third-order valence-electron chi connectivity index (χ3n) is 4.55. The fourth-order valence-corrected chi connectivity index (χ4v) is 5.08. The van der Waals surface area contributed by atoms with Gasteiger partial charge in [-0.05, 0) is 30.3 Å². The molecule has 2 aliphatic rings. The summed E-state index contributed by atoms with van der Waals surface area (Å²) in [6.45, 7) is 1.04. The maximum atomic E-state index is 13.0. The van der Waals surface area contributed by atoms with Gasteiger partial charge in [0, 0.05) is 13.1 Å². The summed E-state index contributed by atoms with van der Waals surface area (Å²) in [5.41, 5.74) is 0.738. The zero-order valence-corrected chi connectivity index (χ0v) is 15.7. The third-order valence-corrected chi connectivity index (χ3v) is 6.94. The van der Waals surface area contributed by atoms with Crippen molar-refractivity contribution in [3.05, 3.63) is 58.6 Å². The Bertz CT molecular complexity index is 1010. The predicted molar refractivity (Wildman–Crippen MR) is 98.6 cm³/mol. The number of benzene rings is 2. The molecule has 7 nitrogen and oxygen atoms in total. The number of imide groups is 1. The van der Waals surface area contributed by atoms with Gasteiger partial charge in [0.1, 0.15) is 4.90 Å². The fourth-order valence-electron chi connectivity index (χ4n) is 3.18. The molecule has 140 valence electrons. The van der Waals surface area contributed by atoms with Gasteiger partial charge in [-0.15, -0.1) is 0 Å². The van der Waals surface area contributed by atoms with Crippen molar-refractivity contribution in [1.29, 1.82) is 0 Å². The number of morpholine rings is 1. The lowest BCUT2D eigenvalue weighted by Crippen LogP contribution is -2.40. The topological polar surface area (TPSA) is 84.0 Å². The van der Waals surface area contributed by atoms with E-state index in [9.17, 15) is 18.0 Å². The van der Waals surface area contributed by atoms with Crippen molar-refractivity contribution in [2.24, 2.45) is 0 Å². The van der Waals surface area contributed by atoms with Crippen LogP contribution in [0.3, 0.4) is 0 Å². The minimum atomic E-state index is -3.88. The molecule has 1 saturated heterocycles. The number of amides is 2. The molecule has 0 radical (unpaired) electrons. The summed E-state index contributed by atoms with van der Waals surface area (Å²) in [6, 6.07) is 10.6. The second-order valence-electron chi connectivity index (χ2n) is 6.12. The van der Waals surface area contributed by atoms with Crippen LogP contribution >= 0.6 is 11.6 Å². The van der Waals surface area contributed by atoms with Crippen LogP contribution < -0.4 is 4.90 Å². The van der Waals surface area contributed by atoms with Gasteiger partial charge in [0.25, 0.3) is 11.8 Å². The average molecular weight is 407 g/mol. The number of ether oxygens (including phenoxy) is 1. The molecule has 0 bridgehead atoms. The minimum Gasteiger partial charge on any atom is -0.379 e. The van der Waals surface area contributed by atoms with Crippen LogP contribution in [0.4, 0.5) is 5.69 Å². The second-order valence-corrected chi connectivity index (χ2v) is 8.44. The first-order valence-corrected chi connectivity index (χ1v) is 10.1. The molecule has 0 unspecified atom stereocenters. The molecule has 2 amide bonds. The molecule has 2 aromatic carbocycles. The first-order valence-electron chi connectivity index (χ1n) is 8.26. The van der Waals surface area contributed by atoms with E-state index in [1.165, 1.54) is 22.5 Å². The van der Waals surface area contributed by atoms with E-state index in [0.29, 0.717) is 13.2 Å². The molecular formula is C18H15ClN2O5S. The number of nitrogens with zero attached hydrogens (tertiary/aromatic N) is 2. The van der Waals surface area contributed by atoms with Crippen molar-refractivity contribution in [3.8, 4) is 0 Å². The highest BCUT2D eigenvalue weighted by molar-refractivity contribution is 7.89. The van der Waals surface area contributed by atoms with Gasteiger partial charge in [-0.25, -0.2) is 13.3 Å². The first kappa shape index (κ1) is 18.1. The van der Waals surface area contributed by atoms with E-state index in [0.717, 1.165) is 4.90 Å². The molecule has 0 saturated carbocycles. The van der Waals surface area contributed by atoms with Crippen molar-refractivity contribution >= 4 is 39.1 Å². The number of hydrogen-bond donors (Lipinski definition) is 0. The fraction of sp³-hybridized carbons (Fsp3) is 0.222. The van der Waals surface area contributed by atoms with Crippen LogP contribution in [0.2, 0.25) is 5.02 Å². The van der Waals surface area contributed by atoms with Gasteiger partial charge in [0.2, 0.25) is 10.0 Å². The minimum absolute atomic E-state index is 0.0295. The Labute approximate surface area is 161 Å². The van der Waals surface area contributed by atoms with E-state index in [1.54, 1.807) is 24.3 Å². The smallest absolute Gasteiger partial charge is 0.266 e. The van der Waals surface area contributed by atoms with Crippen LogP contribution in [-0.4, -0.2) is 50.8 Å². The van der Waals surface area contributed by atoms with Crippen molar-refractivity contribution in [1.82, 2.24) is 4.31 Å². The van der Waals surface area contributed by atoms with Gasteiger partial charge < -0.3 is 4.74 Å². The lowest BCUT2D eigenvalue weighted by Gasteiger charge is -2.27. The Morgan fingerprint density at radius 1 is 0.926 bits per heavy atom. The van der Waals surface area contributed by atoms with Gasteiger partial charge in [0.15, 0.2) is 0 Å². The number of carbonyl (C=O) groups is 2. The highest BCUT2D eigenvalue weighted by atomic mass is 35.5. The third kappa shape index (κ3) is 2.94. The maximum absolute atomic E-state index is 13.0. The largest absolute Gasteiger partial charge is 0.379 e. The van der Waals surface area contributed by atoms with Crippen LogP contribution in [-0.2, 0) is 14.8 Å². The Balaban J connectivity index is 1.76. The lowest BCUT2D eigenvalue weighted by molar-refractivity contribution is 0.0730. The molecule has 2 aromatic rings. The average Bonchev–Trinajstić information content (AvgIpc) is 2.94. The molecule has 0 aliphatic carbocycles. The zero-order chi connectivity index (χ0) is 19.2. The van der Waals surface area contributed by atoms with Crippen molar-refractivity contribution in [2.75, 3.05) is 31.2 Å². The molecular weight excluding hydrogens is 392 g/mol. The molecule has 0 atom stereocenters. The highest BCUT2D eigenvalue weighted by Crippen LogP contribution is 2.33. The first-order chi connectivity index (χ1) is 12.9. The number of sulfonamides is 1. The molecule has 27 heavy (non-hydrogen) atoms. The number of anilines is 1. The molecule has 0 spiro atoms. The number of halogens is 1. The number of fused-ring (bicyclic) bond motifs is 1. The van der Waals surface area contributed by atoms with Gasteiger partial charge in [-0.2, -0.15) is 4.31 Å². The summed E-state index contributed by atoms with van der Waals surface area (Å²) in [4.78, 5) is 26.1. The molecule has 9 heteroatoms. The van der Waals surface area contributed by atoms with Crippen LogP contribution in [0.5, 0.6) is 0 Å². The van der Waals surface area contributed by atoms with Crippen LogP contribution in [0, 0.1) is 0 Å². The summed E-state index contributed by atoms with van der Waals surface area (Å²) >= 11 is 6.14.